The minimum absolute atomic E-state index is 0.174. The molecule has 0 amide bonds. The molecule has 0 bridgehead atoms. The molecule has 0 saturated heterocycles. The van der Waals surface area contributed by atoms with Gasteiger partial charge in [0.25, 0.3) is 0 Å². The fourth-order valence-corrected chi connectivity index (χ4v) is 3.31. The van der Waals surface area contributed by atoms with Crippen molar-refractivity contribution in [3.05, 3.63) is 89.6 Å². The van der Waals surface area contributed by atoms with Crippen molar-refractivity contribution < 1.29 is 8.78 Å². The molecule has 3 aromatic carbocycles. The molecule has 1 aromatic heterocycles. The van der Waals surface area contributed by atoms with Crippen LogP contribution in [0.1, 0.15) is 11.1 Å². The molecular formula is C23H17F2N. The molecule has 0 saturated carbocycles. The first-order chi connectivity index (χ1) is 12.5. The third-order valence-electron chi connectivity index (χ3n) is 4.65. The highest BCUT2D eigenvalue weighted by Crippen LogP contribution is 2.31. The van der Waals surface area contributed by atoms with E-state index in [0.717, 1.165) is 33.2 Å². The molecule has 0 atom stereocenters. The Morgan fingerprint density at radius 3 is 2.04 bits per heavy atom. The molecule has 0 aliphatic rings. The Morgan fingerprint density at radius 2 is 1.35 bits per heavy atom. The molecule has 0 N–H and O–H groups in total. The lowest BCUT2D eigenvalue weighted by Crippen LogP contribution is -1.92. The van der Waals surface area contributed by atoms with Gasteiger partial charge in [-0.1, -0.05) is 24.3 Å². The molecule has 4 aromatic rings. The van der Waals surface area contributed by atoms with Gasteiger partial charge >= 0.3 is 0 Å². The molecule has 1 nitrogen and oxygen atoms in total. The smallest absolute Gasteiger partial charge is 0.129 e. The Kier molecular flexibility index (Phi) is 4.00. The van der Waals surface area contributed by atoms with Gasteiger partial charge < -0.3 is 0 Å². The van der Waals surface area contributed by atoms with E-state index < -0.39 is 0 Å². The first kappa shape index (κ1) is 16.4. The number of pyridine rings is 1. The second kappa shape index (κ2) is 6.34. The van der Waals surface area contributed by atoms with Crippen LogP contribution in [-0.2, 0) is 0 Å². The highest BCUT2D eigenvalue weighted by atomic mass is 19.1. The fraction of sp³-hybridized carbons (Fsp3) is 0.0870. The van der Waals surface area contributed by atoms with E-state index in [9.17, 15) is 8.78 Å². The lowest BCUT2D eigenvalue weighted by molar-refractivity contribution is 0.609. The number of nitrogens with zero attached hydrogens (tertiary/aromatic N) is 1. The minimum Gasteiger partial charge on any atom is -0.256 e. The summed E-state index contributed by atoms with van der Waals surface area (Å²) in [5, 5.41) is 2.04. The molecule has 0 spiro atoms. The van der Waals surface area contributed by atoms with Crippen molar-refractivity contribution in [1.29, 1.82) is 0 Å². The SMILES string of the molecule is Cc1cc(-c2nccc3cc(-c4ccc(F)cc4)ccc23)cc(C)c1F. The molecule has 0 aliphatic heterocycles. The van der Waals surface area contributed by atoms with Gasteiger partial charge in [-0.2, -0.15) is 0 Å². The van der Waals surface area contributed by atoms with Gasteiger partial charge in [0.15, 0.2) is 0 Å². The lowest BCUT2D eigenvalue weighted by atomic mass is 9.97. The third-order valence-corrected chi connectivity index (χ3v) is 4.65. The van der Waals surface area contributed by atoms with Crippen molar-refractivity contribution >= 4 is 10.8 Å². The van der Waals surface area contributed by atoms with E-state index in [1.54, 1.807) is 32.2 Å². The van der Waals surface area contributed by atoms with E-state index >= 15 is 0 Å². The number of aryl methyl sites for hydroxylation is 2. The molecule has 128 valence electrons. The minimum atomic E-state index is -0.247. The Labute approximate surface area is 151 Å². The van der Waals surface area contributed by atoms with Crippen molar-refractivity contribution in [2.45, 2.75) is 13.8 Å². The molecule has 3 heteroatoms. The van der Waals surface area contributed by atoms with Crippen molar-refractivity contribution in [2.24, 2.45) is 0 Å². The number of rotatable bonds is 2. The summed E-state index contributed by atoms with van der Waals surface area (Å²) in [5.74, 6) is -0.421. The predicted molar refractivity (Wildman–Crippen MR) is 102 cm³/mol. The zero-order valence-electron chi connectivity index (χ0n) is 14.6. The van der Waals surface area contributed by atoms with Gasteiger partial charge in [-0.15, -0.1) is 0 Å². The van der Waals surface area contributed by atoms with Crippen LogP contribution < -0.4 is 0 Å². The van der Waals surface area contributed by atoms with Crippen LogP contribution >= 0.6 is 0 Å². The number of halogens is 2. The maximum absolute atomic E-state index is 14.0. The quantitative estimate of drug-likeness (QED) is 0.406. The van der Waals surface area contributed by atoms with E-state index in [4.69, 9.17) is 0 Å². The maximum atomic E-state index is 14.0. The molecule has 0 radical (unpaired) electrons. The van der Waals surface area contributed by atoms with Crippen molar-refractivity contribution in [3.8, 4) is 22.4 Å². The van der Waals surface area contributed by atoms with Crippen molar-refractivity contribution in [1.82, 2.24) is 4.98 Å². The monoisotopic (exact) mass is 345 g/mol. The second-order valence-electron chi connectivity index (χ2n) is 6.53. The number of hydrogen-bond donors (Lipinski definition) is 0. The Hall–Kier alpha value is -3.07. The van der Waals surface area contributed by atoms with Gasteiger partial charge in [-0.25, -0.2) is 8.78 Å². The molecule has 0 fully saturated rings. The molecule has 4 rings (SSSR count). The standard InChI is InChI=1S/C23H17F2N/c1-14-11-19(12-15(2)22(14)25)23-21-8-5-17(13-18(21)9-10-26-23)16-3-6-20(24)7-4-16/h3-13H,1-2H3. The van der Waals surface area contributed by atoms with Gasteiger partial charge in [0.1, 0.15) is 11.6 Å². The summed E-state index contributed by atoms with van der Waals surface area (Å²) in [4.78, 5) is 4.53. The number of aromatic nitrogens is 1. The normalized spacial score (nSPS) is 11.1. The number of benzene rings is 3. The predicted octanol–water partition coefficient (Wildman–Crippen LogP) is 6.46. The highest BCUT2D eigenvalue weighted by Gasteiger charge is 2.11. The molecule has 26 heavy (non-hydrogen) atoms. The van der Waals surface area contributed by atoms with Crippen molar-refractivity contribution in [2.75, 3.05) is 0 Å². The first-order valence-corrected chi connectivity index (χ1v) is 8.45. The summed E-state index contributed by atoms with van der Waals surface area (Å²) in [6, 6.07) is 18.2. The fourth-order valence-electron chi connectivity index (χ4n) is 3.31. The zero-order chi connectivity index (χ0) is 18.3. The molecule has 0 aliphatic carbocycles. The van der Waals surface area contributed by atoms with E-state index in [1.807, 2.05) is 30.3 Å². The van der Waals surface area contributed by atoms with E-state index in [2.05, 4.69) is 11.1 Å². The van der Waals surface area contributed by atoms with Crippen LogP contribution in [0.5, 0.6) is 0 Å². The van der Waals surface area contributed by atoms with Crippen LogP contribution in [0.3, 0.4) is 0 Å². The second-order valence-corrected chi connectivity index (χ2v) is 6.53. The average molecular weight is 345 g/mol. The Balaban J connectivity index is 1.87. The van der Waals surface area contributed by atoms with E-state index in [1.165, 1.54) is 12.1 Å². The third kappa shape index (κ3) is 2.86. The Bertz CT molecular complexity index is 1090. The van der Waals surface area contributed by atoms with Crippen LogP contribution in [0, 0.1) is 25.5 Å². The zero-order valence-corrected chi connectivity index (χ0v) is 14.6. The summed E-state index contributed by atoms with van der Waals surface area (Å²) in [7, 11) is 0. The van der Waals surface area contributed by atoms with E-state index in [0.29, 0.717) is 11.1 Å². The van der Waals surface area contributed by atoms with Crippen LogP contribution in [0.25, 0.3) is 33.2 Å². The molecule has 0 unspecified atom stereocenters. The summed E-state index contributed by atoms with van der Waals surface area (Å²) in [6.45, 7) is 3.53. The maximum Gasteiger partial charge on any atom is 0.129 e. The van der Waals surface area contributed by atoms with Gasteiger partial charge in [0.2, 0.25) is 0 Å². The van der Waals surface area contributed by atoms with Gasteiger partial charge in [-0.05, 0) is 77.9 Å². The van der Waals surface area contributed by atoms with Gasteiger partial charge in [0.05, 0.1) is 5.69 Å². The number of hydrogen-bond acceptors (Lipinski definition) is 1. The van der Waals surface area contributed by atoms with E-state index in [-0.39, 0.29) is 11.6 Å². The van der Waals surface area contributed by atoms with Crippen LogP contribution in [0.2, 0.25) is 0 Å². The summed E-state index contributed by atoms with van der Waals surface area (Å²) in [6.07, 6.45) is 1.76. The van der Waals surface area contributed by atoms with Gasteiger partial charge in [-0.3, -0.25) is 4.98 Å². The summed E-state index contributed by atoms with van der Waals surface area (Å²) >= 11 is 0. The largest absolute Gasteiger partial charge is 0.256 e. The van der Waals surface area contributed by atoms with Crippen LogP contribution in [0.4, 0.5) is 8.78 Å². The summed E-state index contributed by atoms with van der Waals surface area (Å²) in [5.41, 5.74) is 4.94. The van der Waals surface area contributed by atoms with Crippen molar-refractivity contribution in [3.63, 3.8) is 0 Å². The Morgan fingerprint density at radius 1 is 0.692 bits per heavy atom. The topological polar surface area (TPSA) is 12.9 Å². The summed E-state index contributed by atoms with van der Waals surface area (Å²) < 4.78 is 27.1. The lowest BCUT2D eigenvalue weighted by Gasteiger charge is -2.10. The highest BCUT2D eigenvalue weighted by molar-refractivity contribution is 5.96. The molecule has 1 heterocycles. The van der Waals surface area contributed by atoms with Crippen LogP contribution in [0.15, 0.2) is 66.9 Å². The van der Waals surface area contributed by atoms with Gasteiger partial charge in [0, 0.05) is 17.1 Å². The number of fused-ring (bicyclic) bond motifs is 1. The average Bonchev–Trinajstić information content (AvgIpc) is 2.65. The first-order valence-electron chi connectivity index (χ1n) is 8.45. The molecular weight excluding hydrogens is 328 g/mol. The van der Waals surface area contributed by atoms with Crippen LogP contribution in [-0.4, -0.2) is 4.98 Å².